The third-order valence-corrected chi connectivity index (χ3v) is 3.34. The van der Waals surface area contributed by atoms with Crippen molar-refractivity contribution in [2.45, 2.75) is 12.5 Å². The zero-order chi connectivity index (χ0) is 14.5. The van der Waals surface area contributed by atoms with Gasteiger partial charge in [-0.1, -0.05) is 0 Å². The number of methoxy groups -OCH3 is 3. The van der Waals surface area contributed by atoms with Gasteiger partial charge < -0.3 is 24.8 Å². The third-order valence-electron chi connectivity index (χ3n) is 3.34. The van der Waals surface area contributed by atoms with Gasteiger partial charge in [0, 0.05) is 12.6 Å². The van der Waals surface area contributed by atoms with Crippen molar-refractivity contribution in [2.75, 3.05) is 34.4 Å². The average molecular weight is 280 g/mol. The van der Waals surface area contributed by atoms with E-state index in [1.807, 2.05) is 0 Å². The predicted octanol–water partition coefficient (Wildman–Crippen LogP) is 0.804. The number of carbonyl (C=O) groups excluding carboxylic acids is 1. The summed E-state index contributed by atoms with van der Waals surface area (Å²) in [5, 5.41) is 6.19. The van der Waals surface area contributed by atoms with Crippen LogP contribution in [-0.4, -0.2) is 46.4 Å². The lowest BCUT2D eigenvalue weighted by atomic mass is 10.1. The van der Waals surface area contributed by atoms with E-state index in [4.69, 9.17) is 14.2 Å². The van der Waals surface area contributed by atoms with Gasteiger partial charge in [0.15, 0.2) is 11.5 Å². The van der Waals surface area contributed by atoms with Crippen LogP contribution in [0, 0.1) is 0 Å². The molecule has 1 aliphatic heterocycles. The van der Waals surface area contributed by atoms with Crippen molar-refractivity contribution in [1.29, 1.82) is 0 Å². The number of benzene rings is 1. The van der Waals surface area contributed by atoms with Crippen molar-refractivity contribution < 1.29 is 19.0 Å². The van der Waals surface area contributed by atoms with Gasteiger partial charge in [-0.05, 0) is 25.1 Å². The SMILES string of the molecule is COc1ccc(C(=O)NC2CCNC2)c(OC)c1OC. The number of hydrogen-bond donors (Lipinski definition) is 2. The van der Waals surface area contributed by atoms with Crippen LogP contribution in [0.5, 0.6) is 17.2 Å². The Balaban J connectivity index is 2.27. The molecule has 1 aliphatic rings. The minimum absolute atomic E-state index is 0.153. The Morgan fingerprint density at radius 2 is 1.95 bits per heavy atom. The van der Waals surface area contributed by atoms with E-state index in [1.54, 1.807) is 19.2 Å². The molecule has 0 spiro atoms. The number of rotatable bonds is 5. The maximum absolute atomic E-state index is 12.3. The van der Waals surface area contributed by atoms with Crippen LogP contribution in [0.1, 0.15) is 16.8 Å². The Morgan fingerprint density at radius 1 is 1.20 bits per heavy atom. The van der Waals surface area contributed by atoms with E-state index in [2.05, 4.69) is 10.6 Å². The fourth-order valence-corrected chi connectivity index (χ4v) is 2.32. The van der Waals surface area contributed by atoms with Gasteiger partial charge in [-0.2, -0.15) is 0 Å². The highest BCUT2D eigenvalue weighted by Crippen LogP contribution is 2.39. The van der Waals surface area contributed by atoms with Crippen molar-refractivity contribution in [2.24, 2.45) is 0 Å². The Labute approximate surface area is 118 Å². The minimum Gasteiger partial charge on any atom is -0.493 e. The van der Waals surface area contributed by atoms with E-state index in [9.17, 15) is 4.79 Å². The summed E-state index contributed by atoms with van der Waals surface area (Å²) >= 11 is 0. The molecule has 1 unspecified atom stereocenters. The predicted molar refractivity (Wildman–Crippen MR) is 74.8 cm³/mol. The van der Waals surface area contributed by atoms with Crippen LogP contribution in [0.3, 0.4) is 0 Å². The second kappa shape index (κ2) is 6.47. The number of ether oxygens (including phenoxy) is 3. The first-order valence-corrected chi connectivity index (χ1v) is 6.51. The minimum atomic E-state index is -0.170. The molecule has 0 aliphatic carbocycles. The van der Waals surface area contributed by atoms with E-state index in [1.165, 1.54) is 14.2 Å². The molecule has 1 saturated heterocycles. The Kier molecular flexibility index (Phi) is 4.68. The van der Waals surface area contributed by atoms with Crippen LogP contribution < -0.4 is 24.8 Å². The highest BCUT2D eigenvalue weighted by molar-refractivity contribution is 5.98. The number of amides is 1. The average Bonchev–Trinajstić information content (AvgIpc) is 2.98. The molecular weight excluding hydrogens is 260 g/mol. The summed E-state index contributed by atoms with van der Waals surface area (Å²) < 4.78 is 15.8. The number of carbonyl (C=O) groups is 1. The molecule has 0 aromatic heterocycles. The van der Waals surface area contributed by atoms with Crippen molar-refractivity contribution >= 4 is 5.91 Å². The van der Waals surface area contributed by atoms with Crippen LogP contribution >= 0.6 is 0 Å². The van der Waals surface area contributed by atoms with E-state index < -0.39 is 0 Å². The highest BCUT2D eigenvalue weighted by Gasteiger charge is 2.23. The standard InChI is InChI=1S/C14H20N2O4/c1-18-11-5-4-10(12(19-2)13(11)20-3)14(17)16-9-6-7-15-8-9/h4-5,9,15H,6-8H2,1-3H3,(H,16,17). The first-order valence-electron chi connectivity index (χ1n) is 6.51. The zero-order valence-electron chi connectivity index (χ0n) is 12.0. The maximum atomic E-state index is 12.3. The fourth-order valence-electron chi connectivity index (χ4n) is 2.32. The normalized spacial score (nSPS) is 17.6. The molecule has 0 radical (unpaired) electrons. The van der Waals surface area contributed by atoms with Crippen LogP contribution in [0.2, 0.25) is 0 Å². The molecule has 1 fully saturated rings. The van der Waals surface area contributed by atoms with E-state index in [0.717, 1.165) is 19.5 Å². The van der Waals surface area contributed by atoms with Crippen LogP contribution in [-0.2, 0) is 0 Å². The summed E-state index contributed by atoms with van der Waals surface area (Å²) in [6, 6.07) is 3.53. The van der Waals surface area contributed by atoms with E-state index in [-0.39, 0.29) is 11.9 Å². The molecule has 6 nitrogen and oxygen atoms in total. The second-order valence-corrected chi connectivity index (χ2v) is 4.55. The van der Waals surface area contributed by atoms with Crippen LogP contribution in [0.25, 0.3) is 0 Å². The molecule has 6 heteroatoms. The Hall–Kier alpha value is -1.95. The van der Waals surface area contributed by atoms with Gasteiger partial charge in [-0.25, -0.2) is 0 Å². The smallest absolute Gasteiger partial charge is 0.255 e. The lowest BCUT2D eigenvalue weighted by Gasteiger charge is -2.17. The van der Waals surface area contributed by atoms with E-state index >= 15 is 0 Å². The molecular formula is C14H20N2O4. The Morgan fingerprint density at radius 3 is 2.50 bits per heavy atom. The lowest BCUT2D eigenvalue weighted by molar-refractivity contribution is 0.0936. The third kappa shape index (κ3) is 2.80. The second-order valence-electron chi connectivity index (χ2n) is 4.55. The molecule has 2 N–H and O–H groups in total. The van der Waals surface area contributed by atoms with Gasteiger partial charge in [-0.15, -0.1) is 0 Å². The number of nitrogens with one attached hydrogen (secondary N) is 2. The van der Waals surface area contributed by atoms with Crippen molar-refractivity contribution in [3.05, 3.63) is 17.7 Å². The van der Waals surface area contributed by atoms with Gasteiger partial charge >= 0.3 is 0 Å². The summed E-state index contributed by atoms with van der Waals surface area (Å²) in [6.07, 6.45) is 0.932. The first-order chi connectivity index (χ1) is 9.71. The first kappa shape index (κ1) is 14.5. The summed E-state index contributed by atoms with van der Waals surface area (Å²) in [6.45, 7) is 1.72. The topological polar surface area (TPSA) is 68.8 Å². The molecule has 1 aromatic carbocycles. The van der Waals surface area contributed by atoms with Gasteiger partial charge in [0.2, 0.25) is 5.75 Å². The Bertz CT molecular complexity index is 484. The quantitative estimate of drug-likeness (QED) is 0.835. The fraction of sp³-hybridized carbons (Fsp3) is 0.500. The molecule has 0 saturated carbocycles. The van der Waals surface area contributed by atoms with Crippen LogP contribution in [0.4, 0.5) is 0 Å². The molecule has 2 rings (SSSR count). The van der Waals surface area contributed by atoms with Crippen molar-refractivity contribution in [3.8, 4) is 17.2 Å². The molecule has 110 valence electrons. The largest absolute Gasteiger partial charge is 0.493 e. The monoisotopic (exact) mass is 280 g/mol. The molecule has 1 amide bonds. The summed E-state index contributed by atoms with van der Waals surface area (Å²) in [5.74, 6) is 1.17. The van der Waals surface area contributed by atoms with Crippen molar-refractivity contribution in [3.63, 3.8) is 0 Å². The summed E-state index contributed by atoms with van der Waals surface area (Å²) in [5.41, 5.74) is 0.442. The van der Waals surface area contributed by atoms with Gasteiger partial charge in [0.25, 0.3) is 5.91 Å². The lowest BCUT2D eigenvalue weighted by Crippen LogP contribution is -2.36. The number of hydrogen-bond acceptors (Lipinski definition) is 5. The highest BCUT2D eigenvalue weighted by atomic mass is 16.5. The molecule has 1 heterocycles. The van der Waals surface area contributed by atoms with Crippen LogP contribution in [0.15, 0.2) is 12.1 Å². The van der Waals surface area contributed by atoms with Gasteiger partial charge in [0.05, 0.1) is 26.9 Å². The zero-order valence-corrected chi connectivity index (χ0v) is 12.0. The molecule has 1 aromatic rings. The molecule has 1 atom stereocenters. The summed E-state index contributed by atoms with van der Waals surface area (Å²) in [4.78, 5) is 12.3. The molecule has 0 bridgehead atoms. The van der Waals surface area contributed by atoms with Gasteiger partial charge in [0.1, 0.15) is 0 Å². The van der Waals surface area contributed by atoms with E-state index in [0.29, 0.717) is 22.8 Å². The van der Waals surface area contributed by atoms with Gasteiger partial charge in [-0.3, -0.25) is 4.79 Å². The molecule has 20 heavy (non-hydrogen) atoms. The summed E-state index contributed by atoms with van der Waals surface area (Å²) in [7, 11) is 4.56. The van der Waals surface area contributed by atoms with Crippen molar-refractivity contribution in [1.82, 2.24) is 10.6 Å². The maximum Gasteiger partial charge on any atom is 0.255 e.